The fourth-order valence-corrected chi connectivity index (χ4v) is 2.81. The normalized spacial score (nSPS) is 10.4. The quantitative estimate of drug-likeness (QED) is 0.532. The number of benzene rings is 1. The van der Waals surface area contributed by atoms with E-state index in [2.05, 4.69) is 31.9 Å². The highest BCUT2D eigenvalue weighted by Crippen LogP contribution is 2.16. The zero-order valence-electron chi connectivity index (χ0n) is 10.9. The van der Waals surface area contributed by atoms with Gasteiger partial charge in [0.05, 0.1) is 0 Å². The van der Waals surface area contributed by atoms with E-state index in [1.54, 1.807) is 4.90 Å². The highest BCUT2D eigenvalue weighted by atomic mass is 79.9. The summed E-state index contributed by atoms with van der Waals surface area (Å²) in [4.78, 5) is 14.0. The maximum absolute atomic E-state index is 12.2. The molecule has 0 unspecified atom stereocenters. The van der Waals surface area contributed by atoms with Crippen molar-refractivity contribution in [1.29, 1.82) is 0 Å². The number of nitrogens with zero attached hydrogens (tertiary/aromatic N) is 1. The number of unbranched alkanes of at least 4 members (excludes halogenated alkanes) is 2. The monoisotopic (exact) mass is 375 g/mol. The van der Waals surface area contributed by atoms with Gasteiger partial charge in [-0.1, -0.05) is 38.3 Å². The molecule has 1 aromatic carbocycles. The standard InChI is InChI=1S/C14H19Br2NO/c1-11-8-12(10-13(16)9-11)14(18)17(2)7-5-3-4-6-15/h8-10H,3-7H2,1-2H3. The largest absolute Gasteiger partial charge is 0.342 e. The van der Waals surface area contributed by atoms with Crippen molar-refractivity contribution in [2.24, 2.45) is 0 Å². The van der Waals surface area contributed by atoms with Crippen LogP contribution in [-0.2, 0) is 0 Å². The Balaban J connectivity index is 2.57. The third-order valence-corrected chi connectivity index (χ3v) is 3.78. The first-order valence-electron chi connectivity index (χ1n) is 6.13. The number of rotatable bonds is 6. The van der Waals surface area contributed by atoms with E-state index >= 15 is 0 Å². The molecule has 2 nitrogen and oxygen atoms in total. The average Bonchev–Trinajstić information content (AvgIpc) is 2.32. The molecule has 0 heterocycles. The molecule has 0 radical (unpaired) electrons. The van der Waals surface area contributed by atoms with E-state index in [1.807, 2.05) is 32.2 Å². The Kier molecular flexibility index (Phi) is 6.94. The molecular formula is C14H19Br2NO. The van der Waals surface area contributed by atoms with Gasteiger partial charge in [0.2, 0.25) is 0 Å². The molecule has 0 bridgehead atoms. The number of hydrogen-bond acceptors (Lipinski definition) is 1. The van der Waals surface area contributed by atoms with Crippen molar-refractivity contribution in [3.8, 4) is 0 Å². The first-order chi connectivity index (χ1) is 8.54. The average molecular weight is 377 g/mol. The minimum Gasteiger partial charge on any atom is -0.342 e. The second kappa shape index (κ2) is 7.95. The molecule has 0 saturated heterocycles. The summed E-state index contributed by atoms with van der Waals surface area (Å²) in [6, 6.07) is 5.82. The third-order valence-electron chi connectivity index (χ3n) is 2.76. The van der Waals surface area contributed by atoms with E-state index in [9.17, 15) is 4.79 Å². The Labute approximate surface area is 126 Å². The minimum absolute atomic E-state index is 0.0956. The number of alkyl halides is 1. The first kappa shape index (κ1) is 15.7. The maximum atomic E-state index is 12.2. The van der Waals surface area contributed by atoms with Gasteiger partial charge in [0, 0.05) is 29.0 Å². The van der Waals surface area contributed by atoms with Crippen molar-refractivity contribution in [1.82, 2.24) is 4.90 Å². The lowest BCUT2D eigenvalue weighted by Gasteiger charge is -2.17. The van der Waals surface area contributed by atoms with Crippen molar-refractivity contribution >= 4 is 37.8 Å². The molecule has 0 aliphatic rings. The molecule has 0 aliphatic carbocycles. The molecule has 4 heteroatoms. The van der Waals surface area contributed by atoms with Gasteiger partial charge in [-0.3, -0.25) is 4.79 Å². The Morgan fingerprint density at radius 1 is 1.22 bits per heavy atom. The van der Waals surface area contributed by atoms with E-state index in [0.717, 1.165) is 46.7 Å². The molecule has 0 aromatic heterocycles. The summed E-state index contributed by atoms with van der Waals surface area (Å²) in [5.74, 6) is 0.0956. The second-order valence-corrected chi connectivity index (χ2v) is 6.20. The van der Waals surface area contributed by atoms with Gasteiger partial charge < -0.3 is 4.90 Å². The van der Waals surface area contributed by atoms with Crippen molar-refractivity contribution in [2.75, 3.05) is 18.9 Å². The Hall–Kier alpha value is -0.350. The number of carbonyl (C=O) groups is 1. The van der Waals surface area contributed by atoms with Gasteiger partial charge in [0.1, 0.15) is 0 Å². The zero-order valence-corrected chi connectivity index (χ0v) is 14.1. The summed E-state index contributed by atoms with van der Waals surface area (Å²) in [5.41, 5.74) is 1.85. The van der Waals surface area contributed by atoms with Gasteiger partial charge >= 0.3 is 0 Å². The lowest BCUT2D eigenvalue weighted by molar-refractivity contribution is 0.0792. The summed E-state index contributed by atoms with van der Waals surface area (Å²) in [7, 11) is 1.87. The van der Waals surface area contributed by atoms with Crippen LogP contribution in [0.2, 0.25) is 0 Å². The summed E-state index contributed by atoms with van der Waals surface area (Å²) in [5, 5.41) is 1.04. The maximum Gasteiger partial charge on any atom is 0.253 e. The van der Waals surface area contributed by atoms with Gasteiger partial charge in [-0.05, 0) is 43.5 Å². The smallest absolute Gasteiger partial charge is 0.253 e. The van der Waals surface area contributed by atoms with Crippen LogP contribution in [0.15, 0.2) is 22.7 Å². The van der Waals surface area contributed by atoms with Gasteiger partial charge in [-0.25, -0.2) is 0 Å². The molecule has 0 saturated carbocycles. The van der Waals surface area contributed by atoms with Gasteiger partial charge in [-0.15, -0.1) is 0 Å². The van der Waals surface area contributed by atoms with E-state index in [1.165, 1.54) is 0 Å². The van der Waals surface area contributed by atoms with Crippen molar-refractivity contribution in [3.63, 3.8) is 0 Å². The molecule has 1 amide bonds. The number of amides is 1. The summed E-state index contributed by atoms with van der Waals surface area (Å²) >= 11 is 6.84. The van der Waals surface area contributed by atoms with Crippen LogP contribution in [0, 0.1) is 6.92 Å². The van der Waals surface area contributed by atoms with Crippen LogP contribution in [0.4, 0.5) is 0 Å². The molecule has 0 aliphatic heterocycles. The predicted molar refractivity (Wildman–Crippen MR) is 83.5 cm³/mol. The van der Waals surface area contributed by atoms with E-state index in [4.69, 9.17) is 0 Å². The zero-order chi connectivity index (χ0) is 13.5. The van der Waals surface area contributed by atoms with Gasteiger partial charge in [0.25, 0.3) is 5.91 Å². The van der Waals surface area contributed by atoms with Crippen LogP contribution >= 0.6 is 31.9 Å². The van der Waals surface area contributed by atoms with Crippen LogP contribution in [0.5, 0.6) is 0 Å². The summed E-state index contributed by atoms with van der Waals surface area (Å²) < 4.78 is 0.957. The molecular weight excluding hydrogens is 358 g/mol. The van der Waals surface area contributed by atoms with Crippen molar-refractivity contribution in [2.45, 2.75) is 26.2 Å². The topological polar surface area (TPSA) is 20.3 Å². The van der Waals surface area contributed by atoms with E-state index < -0.39 is 0 Å². The third kappa shape index (κ3) is 5.11. The highest BCUT2D eigenvalue weighted by molar-refractivity contribution is 9.10. The summed E-state index contributed by atoms with van der Waals surface area (Å²) in [6.07, 6.45) is 3.37. The van der Waals surface area contributed by atoms with Crippen LogP contribution in [0.3, 0.4) is 0 Å². The van der Waals surface area contributed by atoms with Gasteiger partial charge in [-0.2, -0.15) is 0 Å². The Bertz CT molecular complexity index is 387. The highest BCUT2D eigenvalue weighted by Gasteiger charge is 2.12. The molecule has 1 rings (SSSR count). The van der Waals surface area contributed by atoms with E-state index in [0.29, 0.717) is 0 Å². The van der Waals surface area contributed by atoms with Crippen LogP contribution in [-0.4, -0.2) is 29.7 Å². The van der Waals surface area contributed by atoms with E-state index in [-0.39, 0.29) is 5.91 Å². The first-order valence-corrected chi connectivity index (χ1v) is 8.04. The molecule has 0 atom stereocenters. The fourth-order valence-electron chi connectivity index (χ4n) is 1.80. The van der Waals surface area contributed by atoms with Crippen LogP contribution in [0.25, 0.3) is 0 Å². The number of carbonyl (C=O) groups excluding carboxylic acids is 1. The number of aryl methyl sites for hydroxylation is 1. The second-order valence-electron chi connectivity index (χ2n) is 4.49. The van der Waals surface area contributed by atoms with Crippen molar-refractivity contribution < 1.29 is 4.79 Å². The number of halogens is 2. The Morgan fingerprint density at radius 2 is 1.94 bits per heavy atom. The number of hydrogen-bond donors (Lipinski definition) is 0. The molecule has 100 valence electrons. The Morgan fingerprint density at radius 3 is 2.56 bits per heavy atom. The molecule has 1 aromatic rings. The van der Waals surface area contributed by atoms with Crippen LogP contribution in [0.1, 0.15) is 35.2 Å². The van der Waals surface area contributed by atoms with Crippen molar-refractivity contribution in [3.05, 3.63) is 33.8 Å². The lowest BCUT2D eigenvalue weighted by Crippen LogP contribution is -2.27. The minimum atomic E-state index is 0.0956. The molecule has 0 spiro atoms. The van der Waals surface area contributed by atoms with Crippen LogP contribution < -0.4 is 0 Å². The van der Waals surface area contributed by atoms with Gasteiger partial charge in [0.15, 0.2) is 0 Å². The summed E-state index contributed by atoms with van der Waals surface area (Å²) in [6.45, 7) is 2.81. The fraction of sp³-hybridized carbons (Fsp3) is 0.500. The molecule has 0 fully saturated rings. The molecule has 18 heavy (non-hydrogen) atoms. The SMILES string of the molecule is Cc1cc(Br)cc(C(=O)N(C)CCCCCBr)c1. The molecule has 0 N–H and O–H groups in total. The lowest BCUT2D eigenvalue weighted by atomic mass is 10.1. The predicted octanol–water partition coefficient (Wildman–Crippen LogP) is 4.39.